The van der Waals surface area contributed by atoms with Crippen molar-refractivity contribution >= 4 is 12.1 Å². The molecular weight excluding hydrogens is 606 g/mol. The maximum absolute atomic E-state index is 12.2. The van der Waals surface area contributed by atoms with Crippen LogP contribution >= 0.6 is 0 Å². The van der Waals surface area contributed by atoms with Gasteiger partial charge in [-0.3, -0.25) is 4.79 Å². The number of alkyl carbamates (subject to hydrolysis) is 1. The van der Waals surface area contributed by atoms with E-state index < -0.39 is 6.09 Å². The van der Waals surface area contributed by atoms with Crippen LogP contribution in [0.15, 0.2) is 48.5 Å². The SMILES string of the molecule is CCCCCCC(=O)OCCOCCOCCOCCOCCOCCOCCNC(=O)OCC1c2ccccc2-c2ccccc21. The monoisotopic (exact) mass is 659 g/mol. The molecule has 0 aliphatic heterocycles. The number of unbranched alkanes of at least 4 members (excludes halogenated alkanes) is 3. The maximum atomic E-state index is 12.2. The van der Waals surface area contributed by atoms with Crippen LogP contribution in [0.2, 0.25) is 0 Å². The second kappa shape index (κ2) is 25.0. The molecule has 11 nitrogen and oxygen atoms in total. The van der Waals surface area contributed by atoms with Gasteiger partial charge in [0.1, 0.15) is 13.2 Å². The van der Waals surface area contributed by atoms with Gasteiger partial charge < -0.3 is 43.2 Å². The van der Waals surface area contributed by atoms with Crippen LogP contribution in [0, 0.1) is 0 Å². The van der Waals surface area contributed by atoms with Crippen LogP contribution in [0.5, 0.6) is 0 Å². The largest absolute Gasteiger partial charge is 0.463 e. The Kier molecular flexibility index (Phi) is 20.4. The lowest BCUT2D eigenvalue weighted by Crippen LogP contribution is -2.29. The summed E-state index contributed by atoms with van der Waals surface area (Å²) in [6.45, 7) is 8.40. The molecule has 0 spiro atoms. The summed E-state index contributed by atoms with van der Waals surface area (Å²) in [6.07, 6.45) is 4.29. The highest BCUT2D eigenvalue weighted by atomic mass is 16.6. The number of carbonyl (C=O) groups excluding carboxylic acids is 2. The summed E-state index contributed by atoms with van der Waals surface area (Å²) in [5.41, 5.74) is 4.77. The van der Waals surface area contributed by atoms with Crippen LogP contribution in [0.3, 0.4) is 0 Å². The van der Waals surface area contributed by atoms with Crippen LogP contribution in [0.4, 0.5) is 4.79 Å². The zero-order chi connectivity index (χ0) is 33.2. The predicted octanol–water partition coefficient (Wildman–Crippen LogP) is 5.14. The number of benzene rings is 2. The van der Waals surface area contributed by atoms with E-state index in [2.05, 4.69) is 36.5 Å². The molecule has 2 aromatic carbocycles. The summed E-state index contributed by atoms with van der Waals surface area (Å²) in [7, 11) is 0. The van der Waals surface area contributed by atoms with Gasteiger partial charge in [0.15, 0.2) is 0 Å². The zero-order valence-corrected chi connectivity index (χ0v) is 27.9. The number of rotatable bonds is 28. The summed E-state index contributed by atoms with van der Waals surface area (Å²) < 4.78 is 43.5. The minimum atomic E-state index is -0.453. The quantitative estimate of drug-likeness (QED) is 0.0972. The molecule has 11 heteroatoms. The summed E-state index contributed by atoms with van der Waals surface area (Å²) in [5.74, 6) is -0.119. The van der Waals surface area contributed by atoms with E-state index in [-0.39, 0.29) is 25.1 Å². The summed E-state index contributed by atoms with van der Waals surface area (Å²) >= 11 is 0. The number of hydrogen-bond donors (Lipinski definition) is 1. The molecule has 1 aliphatic carbocycles. The number of ether oxygens (including phenoxy) is 8. The first-order valence-electron chi connectivity index (χ1n) is 16.9. The molecule has 47 heavy (non-hydrogen) atoms. The van der Waals surface area contributed by atoms with E-state index in [0.717, 1.165) is 25.7 Å². The van der Waals surface area contributed by atoms with Crippen molar-refractivity contribution in [3.63, 3.8) is 0 Å². The van der Waals surface area contributed by atoms with Crippen molar-refractivity contribution in [2.45, 2.75) is 44.9 Å². The third-order valence-electron chi connectivity index (χ3n) is 7.44. The molecule has 1 amide bonds. The molecule has 0 saturated heterocycles. The Morgan fingerprint density at radius 3 is 1.55 bits per heavy atom. The molecule has 0 aromatic heterocycles. The fraction of sp³-hybridized carbons (Fsp3) is 0.611. The normalized spacial score (nSPS) is 12.1. The first-order valence-corrected chi connectivity index (χ1v) is 16.9. The molecule has 0 unspecified atom stereocenters. The predicted molar refractivity (Wildman–Crippen MR) is 178 cm³/mol. The highest BCUT2D eigenvalue weighted by Crippen LogP contribution is 2.44. The molecule has 3 rings (SSSR count). The highest BCUT2D eigenvalue weighted by Gasteiger charge is 2.28. The van der Waals surface area contributed by atoms with Crippen molar-refractivity contribution in [2.75, 3.05) is 99.0 Å². The topological polar surface area (TPSA) is 120 Å². The lowest BCUT2D eigenvalue weighted by atomic mass is 9.98. The fourth-order valence-electron chi connectivity index (χ4n) is 5.06. The van der Waals surface area contributed by atoms with Crippen LogP contribution in [-0.2, 0) is 42.7 Å². The third-order valence-corrected chi connectivity index (χ3v) is 7.44. The van der Waals surface area contributed by atoms with E-state index >= 15 is 0 Å². The lowest BCUT2D eigenvalue weighted by Gasteiger charge is -2.14. The van der Waals surface area contributed by atoms with Crippen molar-refractivity contribution in [2.24, 2.45) is 0 Å². The van der Waals surface area contributed by atoms with E-state index in [1.54, 1.807) is 0 Å². The van der Waals surface area contributed by atoms with Gasteiger partial charge in [-0.2, -0.15) is 0 Å². The molecule has 0 bridgehead atoms. The van der Waals surface area contributed by atoms with Gasteiger partial charge in [-0.25, -0.2) is 4.79 Å². The van der Waals surface area contributed by atoms with Crippen molar-refractivity contribution in [3.8, 4) is 11.1 Å². The van der Waals surface area contributed by atoms with Gasteiger partial charge in [0.05, 0.1) is 79.3 Å². The van der Waals surface area contributed by atoms with Gasteiger partial charge in [0.25, 0.3) is 0 Å². The van der Waals surface area contributed by atoms with E-state index in [4.69, 9.17) is 37.9 Å². The van der Waals surface area contributed by atoms with Gasteiger partial charge >= 0.3 is 12.1 Å². The van der Waals surface area contributed by atoms with E-state index in [9.17, 15) is 9.59 Å². The van der Waals surface area contributed by atoms with Crippen molar-refractivity contribution in [1.29, 1.82) is 0 Å². The highest BCUT2D eigenvalue weighted by molar-refractivity contribution is 5.79. The Balaban J connectivity index is 1.01. The molecule has 0 fully saturated rings. The second-order valence-electron chi connectivity index (χ2n) is 11.0. The molecule has 0 atom stereocenters. The molecular formula is C36H53NO10. The maximum Gasteiger partial charge on any atom is 0.407 e. The minimum absolute atomic E-state index is 0.0381. The standard InChI is InChI=1S/C36H53NO10/c1-2-3-4-5-14-35(38)46-28-27-45-26-25-44-24-23-43-22-21-42-20-19-41-18-17-40-16-15-37-36(39)47-29-34-32-12-8-6-10-30(32)31-11-7-9-13-33(31)34/h6-13,34H,2-5,14-29H2,1H3,(H,37,39). The van der Waals surface area contributed by atoms with Crippen LogP contribution in [-0.4, -0.2) is 111 Å². The van der Waals surface area contributed by atoms with E-state index in [1.165, 1.54) is 22.3 Å². The number of amides is 1. The Bertz CT molecular complexity index is 1080. The minimum Gasteiger partial charge on any atom is -0.463 e. The molecule has 1 N–H and O–H groups in total. The Labute approximate surface area is 279 Å². The number of hydrogen-bond acceptors (Lipinski definition) is 10. The Morgan fingerprint density at radius 2 is 1.04 bits per heavy atom. The number of fused-ring (bicyclic) bond motifs is 3. The van der Waals surface area contributed by atoms with Crippen LogP contribution in [0.1, 0.15) is 56.1 Å². The molecule has 0 heterocycles. The van der Waals surface area contributed by atoms with Gasteiger partial charge in [-0.05, 0) is 28.7 Å². The average Bonchev–Trinajstić information content (AvgIpc) is 3.41. The first-order chi connectivity index (χ1) is 23.2. The Hall–Kier alpha value is -3.06. The number of carbonyl (C=O) groups is 2. The van der Waals surface area contributed by atoms with Gasteiger partial charge in [0.2, 0.25) is 0 Å². The molecule has 0 radical (unpaired) electrons. The van der Waals surface area contributed by atoms with Crippen LogP contribution in [0.25, 0.3) is 11.1 Å². The molecule has 0 saturated carbocycles. The van der Waals surface area contributed by atoms with Gasteiger partial charge in [-0.15, -0.1) is 0 Å². The smallest absolute Gasteiger partial charge is 0.407 e. The molecule has 2 aromatic rings. The fourth-order valence-corrected chi connectivity index (χ4v) is 5.06. The summed E-state index contributed by atoms with van der Waals surface area (Å²) in [6, 6.07) is 16.5. The number of nitrogens with one attached hydrogen (secondary N) is 1. The van der Waals surface area contributed by atoms with E-state index in [1.807, 2.05) is 24.3 Å². The third kappa shape index (κ3) is 16.1. The lowest BCUT2D eigenvalue weighted by molar-refractivity contribution is -0.145. The van der Waals surface area contributed by atoms with Crippen LogP contribution < -0.4 is 5.32 Å². The second-order valence-corrected chi connectivity index (χ2v) is 11.0. The van der Waals surface area contributed by atoms with E-state index in [0.29, 0.717) is 92.2 Å². The Morgan fingerprint density at radius 1 is 0.574 bits per heavy atom. The summed E-state index contributed by atoms with van der Waals surface area (Å²) in [4.78, 5) is 23.8. The van der Waals surface area contributed by atoms with Crippen molar-refractivity contribution in [1.82, 2.24) is 5.32 Å². The zero-order valence-electron chi connectivity index (χ0n) is 27.9. The average molecular weight is 660 g/mol. The summed E-state index contributed by atoms with van der Waals surface area (Å²) in [5, 5.41) is 2.74. The van der Waals surface area contributed by atoms with Crippen molar-refractivity contribution in [3.05, 3.63) is 59.7 Å². The first kappa shape index (κ1) is 38.4. The van der Waals surface area contributed by atoms with Gasteiger partial charge in [-0.1, -0.05) is 74.7 Å². The number of esters is 1. The van der Waals surface area contributed by atoms with Gasteiger partial charge in [0, 0.05) is 18.9 Å². The molecule has 1 aliphatic rings. The molecule has 262 valence electrons. The van der Waals surface area contributed by atoms with Crippen molar-refractivity contribution < 1.29 is 47.5 Å².